The van der Waals surface area contributed by atoms with Crippen LogP contribution < -0.4 is 10.6 Å². The van der Waals surface area contributed by atoms with Crippen LogP contribution in [0.2, 0.25) is 0 Å². The first kappa shape index (κ1) is 16.2. The number of nitrogens with one attached hydrogen (secondary N) is 2. The Kier molecular flexibility index (Phi) is 6.45. The third-order valence-corrected chi connectivity index (χ3v) is 4.14. The van der Waals surface area contributed by atoms with E-state index in [1.54, 1.807) is 4.90 Å². The number of ether oxygens (including phenoxy) is 1. The molecular formula is C15H27N3O3. The van der Waals surface area contributed by atoms with E-state index in [9.17, 15) is 9.59 Å². The number of piperidine rings is 1. The molecule has 0 saturated carbocycles. The molecule has 6 nitrogen and oxygen atoms in total. The van der Waals surface area contributed by atoms with Crippen LogP contribution in [0, 0.1) is 5.92 Å². The van der Waals surface area contributed by atoms with Gasteiger partial charge < -0.3 is 20.3 Å². The monoisotopic (exact) mass is 297 g/mol. The van der Waals surface area contributed by atoms with Gasteiger partial charge in [0.15, 0.2) is 0 Å². The van der Waals surface area contributed by atoms with Crippen LogP contribution in [-0.4, -0.2) is 62.1 Å². The molecule has 0 spiro atoms. The van der Waals surface area contributed by atoms with Gasteiger partial charge in [-0.15, -0.1) is 0 Å². The van der Waals surface area contributed by atoms with Crippen molar-refractivity contribution < 1.29 is 14.3 Å². The molecule has 0 aromatic rings. The van der Waals surface area contributed by atoms with Gasteiger partial charge in [0.2, 0.25) is 5.91 Å². The molecule has 2 heterocycles. The summed E-state index contributed by atoms with van der Waals surface area (Å²) in [6.07, 6.45) is 3.44. The van der Waals surface area contributed by atoms with E-state index in [0.29, 0.717) is 19.7 Å². The summed E-state index contributed by atoms with van der Waals surface area (Å²) < 4.78 is 5.51. The van der Waals surface area contributed by atoms with Gasteiger partial charge in [-0.05, 0) is 19.3 Å². The molecule has 2 rings (SSSR count). The van der Waals surface area contributed by atoms with Crippen LogP contribution in [0.25, 0.3) is 0 Å². The predicted molar refractivity (Wildman–Crippen MR) is 79.8 cm³/mol. The smallest absolute Gasteiger partial charge is 0.253 e. The zero-order valence-corrected chi connectivity index (χ0v) is 12.9. The van der Waals surface area contributed by atoms with Crippen molar-refractivity contribution in [2.24, 2.45) is 5.92 Å². The van der Waals surface area contributed by atoms with Crippen LogP contribution in [0.1, 0.15) is 32.6 Å². The van der Waals surface area contributed by atoms with Crippen molar-refractivity contribution in [3.8, 4) is 0 Å². The van der Waals surface area contributed by atoms with Gasteiger partial charge in [-0.25, -0.2) is 0 Å². The molecule has 0 aromatic heterocycles. The molecule has 2 saturated heterocycles. The zero-order valence-electron chi connectivity index (χ0n) is 12.9. The topological polar surface area (TPSA) is 70.7 Å². The highest BCUT2D eigenvalue weighted by atomic mass is 16.5. The lowest BCUT2D eigenvalue weighted by Gasteiger charge is -2.35. The maximum Gasteiger partial charge on any atom is 0.253 e. The number of hydrogen-bond acceptors (Lipinski definition) is 4. The number of morpholine rings is 1. The summed E-state index contributed by atoms with van der Waals surface area (Å²) in [6, 6.07) is 0. The Hall–Kier alpha value is -1.14. The lowest BCUT2D eigenvalue weighted by molar-refractivity contribution is -0.148. The minimum absolute atomic E-state index is 0.0215. The van der Waals surface area contributed by atoms with Gasteiger partial charge in [-0.1, -0.05) is 13.3 Å². The number of amides is 2. The van der Waals surface area contributed by atoms with E-state index in [2.05, 4.69) is 17.6 Å². The molecule has 0 aliphatic carbocycles. The summed E-state index contributed by atoms with van der Waals surface area (Å²) in [7, 11) is 0. The Balaban J connectivity index is 1.81. The van der Waals surface area contributed by atoms with E-state index in [0.717, 1.165) is 45.3 Å². The van der Waals surface area contributed by atoms with Gasteiger partial charge in [0.05, 0.1) is 12.5 Å². The predicted octanol–water partition coefficient (Wildman–Crippen LogP) is 0.130. The number of carbonyl (C=O) groups excluding carboxylic acids is 2. The van der Waals surface area contributed by atoms with Gasteiger partial charge >= 0.3 is 0 Å². The van der Waals surface area contributed by atoms with E-state index >= 15 is 0 Å². The molecular weight excluding hydrogens is 270 g/mol. The number of hydrogen-bond donors (Lipinski definition) is 2. The third-order valence-electron chi connectivity index (χ3n) is 4.14. The Bertz CT molecular complexity index is 356. The summed E-state index contributed by atoms with van der Waals surface area (Å²) in [4.78, 5) is 26.3. The molecule has 0 aromatic carbocycles. The molecule has 2 amide bonds. The fourth-order valence-corrected chi connectivity index (χ4v) is 2.85. The molecule has 120 valence electrons. The second-order valence-electron chi connectivity index (χ2n) is 5.83. The van der Waals surface area contributed by atoms with Crippen molar-refractivity contribution in [3.05, 3.63) is 0 Å². The SMILES string of the molecule is CCCCNC(=O)C1CCCN(C(=O)C2CNCCO2)C1. The molecule has 2 N–H and O–H groups in total. The lowest BCUT2D eigenvalue weighted by atomic mass is 9.96. The zero-order chi connectivity index (χ0) is 15.1. The molecule has 2 aliphatic heterocycles. The van der Waals surface area contributed by atoms with Crippen LogP contribution in [0.5, 0.6) is 0 Å². The third kappa shape index (κ3) is 4.68. The highest BCUT2D eigenvalue weighted by molar-refractivity contribution is 5.83. The second kappa shape index (κ2) is 8.34. The van der Waals surface area contributed by atoms with Gasteiger partial charge in [-0.2, -0.15) is 0 Å². The average molecular weight is 297 g/mol. The van der Waals surface area contributed by atoms with Crippen LogP contribution in [-0.2, 0) is 14.3 Å². The van der Waals surface area contributed by atoms with E-state index in [1.807, 2.05) is 0 Å². The van der Waals surface area contributed by atoms with Crippen LogP contribution in [0.4, 0.5) is 0 Å². The molecule has 2 unspecified atom stereocenters. The van der Waals surface area contributed by atoms with E-state index in [1.165, 1.54) is 0 Å². The summed E-state index contributed by atoms with van der Waals surface area (Å²) in [5.74, 6) is 0.0352. The quantitative estimate of drug-likeness (QED) is 0.708. The molecule has 0 radical (unpaired) electrons. The first-order valence-electron chi connectivity index (χ1n) is 8.11. The first-order valence-corrected chi connectivity index (χ1v) is 8.11. The van der Waals surface area contributed by atoms with Gasteiger partial charge in [0, 0.05) is 32.7 Å². The molecule has 2 atom stereocenters. The number of unbranched alkanes of at least 4 members (excludes halogenated alkanes) is 1. The van der Waals surface area contributed by atoms with Gasteiger partial charge in [0.1, 0.15) is 6.10 Å². The maximum absolute atomic E-state index is 12.4. The van der Waals surface area contributed by atoms with Gasteiger partial charge in [-0.3, -0.25) is 9.59 Å². The Morgan fingerprint density at radius 1 is 1.43 bits per heavy atom. The summed E-state index contributed by atoms with van der Waals surface area (Å²) >= 11 is 0. The largest absolute Gasteiger partial charge is 0.366 e. The van der Waals surface area contributed by atoms with Crippen molar-refractivity contribution >= 4 is 11.8 Å². The standard InChI is InChI=1S/C15H27N3O3/c1-2-3-6-17-14(19)12-5-4-8-18(11-12)15(20)13-10-16-7-9-21-13/h12-13,16H,2-11H2,1H3,(H,17,19). The Morgan fingerprint density at radius 2 is 2.29 bits per heavy atom. The van der Waals surface area contributed by atoms with Gasteiger partial charge in [0.25, 0.3) is 5.91 Å². The van der Waals surface area contributed by atoms with Crippen molar-refractivity contribution in [2.75, 3.05) is 39.3 Å². The Labute approximate surface area is 126 Å². The second-order valence-corrected chi connectivity index (χ2v) is 5.83. The number of likely N-dealkylation sites (tertiary alicyclic amines) is 1. The van der Waals surface area contributed by atoms with Crippen LogP contribution in [0.3, 0.4) is 0 Å². The van der Waals surface area contributed by atoms with E-state index in [4.69, 9.17) is 4.74 Å². The molecule has 6 heteroatoms. The van der Waals surface area contributed by atoms with E-state index < -0.39 is 0 Å². The number of nitrogens with zero attached hydrogens (tertiary/aromatic N) is 1. The van der Waals surface area contributed by atoms with E-state index in [-0.39, 0.29) is 23.8 Å². The fourth-order valence-electron chi connectivity index (χ4n) is 2.85. The van der Waals surface area contributed by atoms with Crippen LogP contribution >= 0.6 is 0 Å². The molecule has 2 fully saturated rings. The van der Waals surface area contributed by atoms with Crippen molar-refractivity contribution in [1.29, 1.82) is 0 Å². The molecule has 0 bridgehead atoms. The average Bonchev–Trinajstić information content (AvgIpc) is 2.55. The molecule has 21 heavy (non-hydrogen) atoms. The number of rotatable bonds is 5. The fraction of sp³-hybridized carbons (Fsp3) is 0.867. The number of carbonyl (C=O) groups is 2. The summed E-state index contributed by atoms with van der Waals surface area (Å²) in [5, 5.41) is 6.14. The van der Waals surface area contributed by atoms with Crippen molar-refractivity contribution in [2.45, 2.75) is 38.7 Å². The minimum atomic E-state index is -0.388. The highest BCUT2D eigenvalue weighted by Crippen LogP contribution is 2.18. The maximum atomic E-state index is 12.4. The lowest BCUT2D eigenvalue weighted by Crippen LogP contribution is -2.53. The van der Waals surface area contributed by atoms with Crippen molar-refractivity contribution in [1.82, 2.24) is 15.5 Å². The summed E-state index contributed by atoms with van der Waals surface area (Å²) in [5.41, 5.74) is 0. The summed E-state index contributed by atoms with van der Waals surface area (Å²) in [6.45, 7) is 6.04. The van der Waals surface area contributed by atoms with Crippen molar-refractivity contribution in [3.63, 3.8) is 0 Å². The normalized spacial score (nSPS) is 26.4. The Morgan fingerprint density at radius 3 is 3.00 bits per heavy atom. The highest BCUT2D eigenvalue weighted by Gasteiger charge is 2.32. The first-order chi connectivity index (χ1) is 10.2. The van der Waals surface area contributed by atoms with Crippen LogP contribution in [0.15, 0.2) is 0 Å². The minimum Gasteiger partial charge on any atom is -0.366 e. The molecule has 2 aliphatic rings.